The number of hydrogen-bond donors (Lipinski definition) is 3. The zero-order valence-electron chi connectivity index (χ0n) is 16.1. The van der Waals surface area contributed by atoms with Gasteiger partial charge in [0.1, 0.15) is 0 Å². The van der Waals surface area contributed by atoms with Crippen LogP contribution in [0.4, 0.5) is 5.95 Å². The van der Waals surface area contributed by atoms with Gasteiger partial charge in [-0.3, -0.25) is 29.8 Å². The maximum Gasteiger partial charge on any atom is 0.262 e. The van der Waals surface area contributed by atoms with Gasteiger partial charge in [-0.15, -0.1) is 0 Å². The molecule has 150 valence electrons. The summed E-state index contributed by atoms with van der Waals surface area (Å²) in [5, 5.41) is 3.24. The molecule has 3 aromatic rings. The number of hydrazine groups is 1. The van der Waals surface area contributed by atoms with Crippen LogP contribution in [-0.2, 0) is 22.6 Å². The molecule has 0 radical (unpaired) electrons. The maximum absolute atomic E-state index is 12.5. The predicted octanol–water partition coefficient (Wildman–Crippen LogP) is 1.61. The van der Waals surface area contributed by atoms with E-state index in [0.29, 0.717) is 17.4 Å². The zero-order chi connectivity index (χ0) is 20.6. The molecule has 1 aromatic heterocycles. The summed E-state index contributed by atoms with van der Waals surface area (Å²) >= 11 is 0. The highest BCUT2D eigenvalue weighted by Gasteiger charge is 2.10. The lowest BCUT2D eigenvalue weighted by Crippen LogP contribution is -2.36. The average molecular weight is 393 g/mol. The summed E-state index contributed by atoms with van der Waals surface area (Å²) in [7, 11) is 0. The van der Waals surface area contributed by atoms with Crippen LogP contribution >= 0.6 is 0 Å². The molecular weight excluding hydrogens is 370 g/mol. The number of aromatic nitrogens is 2. The Morgan fingerprint density at radius 3 is 2.48 bits per heavy atom. The number of hydrogen-bond acceptors (Lipinski definition) is 5. The molecule has 0 aliphatic carbocycles. The molecule has 0 fully saturated rings. The van der Waals surface area contributed by atoms with Gasteiger partial charge in [0.15, 0.2) is 0 Å². The number of nitrogens with zero attached hydrogens (tertiary/aromatic N) is 2. The molecular formula is C21H23N5O3. The highest BCUT2D eigenvalue weighted by Crippen LogP contribution is 2.10. The fourth-order valence-corrected chi connectivity index (χ4v) is 2.90. The van der Waals surface area contributed by atoms with Crippen LogP contribution in [0.2, 0.25) is 0 Å². The fraction of sp³-hybridized carbons (Fsp3) is 0.238. The Bertz CT molecular complexity index is 1060. The highest BCUT2D eigenvalue weighted by atomic mass is 16.2. The number of rotatable bonds is 8. The van der Waals surface area contributed by atoms with Crippen molar-refractivity contribution in [1.82, 2.24) is 20.3 Å². The third kappa shape index (κ3) is 5.19. The standard InChI is InChI=1S/C21H23N5O3/c1-2-26-20(29)16-10-6-7-11-17(16)23-21(26)25-24-18(27)12-13-22-19(28)14-15-8-4-3-5-9-15/h3-11H,2,12-14H2,1H3,(H,22,28)(H,23,25)(H,24,27). The number of amides is 2. The first-order chi connectivity index (χ1) is 14.1. The monoisotopic (exact) mass is 393 g/mol. The highest BCUT2D eigenvalue weighted by molar-refractivity contribution is 5.81. The minimum absolute atomic E-state index is 0.0947. The molecule has 8 nitrogen and oxygen atoms in total. The van der Waals surface area contributed by atoms with Gasteiger partial charge in [-0.2, -0.15) is 0 Å². The van der Waals surface area contributed by atoms with E-state index in [1.54, 1.807) is 24.3 Å². The van der Waals surface area contributed by atoms with Gasteiger partial charge >= 0.3 is 0 Å². The van der Waals surface area contributed by atoms with E-state index in [2.05, 4.69) is 21.2 Å². The van der Waals surface area contributed by atoms with Gasteiger partial charge in [0.25, 0.3) is 5.56 Å². The summed E-state index contributed by atoms with van der Waals surface area (Å²) in [6.45, 7) is 2.45. The number of benzene rings is 2. The summed E-state index contributed by atoms with van der Waals surface area (Å²) in [5.41, 5.74) is 6.52. The molecule has 0 saturated heterocycles. The van der Waals surface area contributed by atoms with Gasteiger partial charge in [-0.1, -0.05) is 42.5 Å². The topological polar surface area (TPSA) is 105 Å². The lowest BCUT2D eigenvalue weighted by atomic mass is 10.1. The Morgan fingerprint density at radius 1 is 1.00 bits per heavy atom. The van der Waals surface area contributed by atoms with Crippen LogP contribution < -0.4 is 21.7 Å². The number of carbonyl (C=O) groups excluding carboxylic acids is 2. The second kappa shape index (κ2) is 9.50. The minimum atomic E-state index is -0.324. The van der Waals surface area contributed by atoms with Crippen LogP contribution in [0.5, 0.6) is 0 Å². The van der Waals surface area contributed by atoms with E-state index < -0.39 is 0 Å². The number of nitrogens with one attached hydrogen (secondary N) is 3. The smallest absolute Gasteiger partial charge is 0.262 e. The molecule has 8 heteroatoms. The third-order valence-corrected chi connectivity index (χ3v) is 4.37. The van der Waals surface area contributed by atoms with Gasteiger partial charge in [0.05, 0.1) is 17.3 Å². The van der Waals surface area contributed by atoms with Gasteiger partial charge < -0.3 is 5.32 Å². The van der Waals surface area contributed by atoms with Crippen LogP contribution in [0.15, 0.2) is 59.4 Å². The average Bonchev–Trinajstić information content (AvgIpc) is 2.73. The molecule has 0 unspecified atom stereocenters. The molecule has 29 heavy (non-hydrogen) atoms. The Labute approximate surface area is 167 Å². The van der Waals surface area contributed by atoms with E-state index in [4.69, 9.17) is 0 Å². The number of fused-ring (bicyclic) bond motifs is 1. The molecule has 0 spiro atoms. The van der Waals surface area contributed by atoms with Crippen molar-refractivity contribution in [3.63, 3.8) is 0 Å². The van der Waals surface area contributed by atoms with Gasteiger partial charge in [-0.25, -0.2) is 4.98 Å². The molecule has 2 aromatic carbocycles. The molecule has 0 bridgehead atoms. The summed E-state index contributed by atoms with van der Waals surface area (Å²) < 4.78 is 1.45. The van der Waals surface area contributed by atoms with E-state index >= 15 is 0 Å². The second-order valence-corrected chi connectivity index (χ2v) is 6.44. The minimum Gasteiger partial charge on any atom is -0.355 e. The van der Waals surface area contributed by atoms with Crippen LogP contribution in [0.25, 0.3) is 10.9 Å². The first kappa shape index (κ1) is 20.1. The Hall–Kier alpha value is -3.68. The number of carbonyl (C=O) groups is 2. The molecule has 3 N–H and O–H groups in total. The Kier molecular flexibility index (Phi) is 6.57. The van der Waals surface area contributed by atoms with Crippen molar-refractivity contribution in [1.29, 1.82) is 0 Å². The predicted molar refractivity (Wildman–Crippen MR) is 111 cm³/mol. The summed E-state index contributed by atoms with van der Waals surface area (Å²) in [4.78, 5) is 40.9. The van der Waals surface area contributed by atoms with Crippen molar-refractivity contribution in [3.05, 3.63) is 70.5 Å². The fourth-order valence-electron chi connectivity index (χ4n) is 2.90. The van der Waals surface area contributed by atoms with Crippen LogP contribution in [0, 0.1) is 0 Å². The molecule has 0 aliphatic rings. The van der Waals surface area contributed by atoms with Crippen molar-refractivity contribution < 1.29 is 9.59 Å². The quantitative estimate of drug-likeness (QED) is 0.504. The molecule has 3 rings (SSSR count). The first-order valence-electron chi connectivity index (χ1n) is 9.43. The van der Waals surface area contributed by atoms with E-state index in [1.807, 2.05) is 37.3 Å². The van der Waals surface area contributed by atoms with Crippen LogP contribution in [0.3, 0.4) is 0 Å². The van der Waals surface area contributed by atoms with Crippen LogP contribution in [-0.4, -0.2) is 27.9 Å². The second-order valence-electron chi connectivity index (χ2n) is 6.44. The number of para-hydroxylation sites is 1. The molecule has 2 amide bonds. The zero-order valence-corrected chi connectivity index (χ0v) is 16.1. The van der Waals surface area contributed by atoms with Gasteiger partial charge in [0, 0.05) is 19.5 Å². The molecule has 0 aliphatic heterocycles. The van der Waals surface area contributed by atoms with Crippen molar-refractivity contribution >= 4 is 28.7 Å². The van der Waals surface area contributed by atoms with E-state index in [0.717, 1.165) is 5.56 Å². The van der Waals surface area contributed by atoms with Crippen LogP contribution in [0.1, 0.15) is 18.9 Å². The summed E-state index contributed by atoms with van der Waals surface area (Å²) in [6.07, 6.45) is 0.363. The maximum atomic E-state index is 12.5. The van der Waals surface area contributed by atoms with Gasteiger partial charge in [-0.05, 0) is 24.6 Å². The van der Waals surface area contributed by atoms with E-state index in [-0.39, 0.29) is 42.7 Å². The van der Waals surface area contributed by atoms with Crippen molar-refractivity contribution in [2.75, 3.05) is 12.0 Å². The Balaban J connectivity index is 1.52. The Morgan fingerprint density at radius 2 is 1.72 bits per heavy atom. The normalized spacial score (nSPS) is 10.5. The number of anilines is 1. The first-order valence-corrected chi connectivity index (χ1v) is 9.43. The van der Waals surface area contributed by atoms with Crippen molar-refractivity contribution in [2.24, 2.45) is 0 Å². The summed E-state index contributed by atoms with van der Waals surface area (Å²) in [5.74, 6) is -0.208. The lowest BCUT2D eigenvalue weighted by Gasteiger charge is -2.14. The molecule has 1 heterocycles. The molecule has 0 atom stereocenters. The van der Waals surface area contributed by atoms with Gasteiger partial charge in [0.2, 0.25) is 17.8 Å². The van der Waals surface area contributed by atoms with Crippen molar-refractivity contribution in [2.45, 2.75) is 26.3 Å². The lowest BCUT2D eigenvalue weighted by molar-refractivity contribution is -0.121. The SMILES string of the molecule is CCn1c(NNC(=O)CCNC(=O)Cc2ccccc2)nc2ccccc2c1=O. The van der Waals surface area contributed by atoms with E-state index in [1.165, 1.54) is 4.57 Å². The third-order valence-electron chi connectivity index (χ3n) is 4.37. The van der Waals surface area contributed by atoms with Crippen molar-refractivity contribution in [3.8, 4) is 0 Å². The molecule has 0 saturated carbocycles. The van der Waals surface area contributed by atoms with E-state index in [9.17, 15) is 14.4 Å². The summed E-state index contributed by atoms with van der Waals surface area (Å²) in [6, 6.07) is 16.4. The largest absolute Gasteiger partial charge is 0.355 e.